The predicted molar refractivity (Wildman–Crippen MR) is 87.2 cm³/mol. The molecule has 0 radical (unpaired) electrons. The first-order chi connectivity index (χ1) is 9.65. The van der Waals surface area contributed by atoms with Gasteiger partial charge in [-0.15, -0.1) is 11.3 Å². The van der Waals surface area contributed by atoms with E-state index in [1.807, 2.05) is 12.1 Å². The van der Waals surface area contributed by atoms with Gasteiger partial charge >= 0.3 is 0 Å². The van der Waals surface area contributed by atoms with Crippen molar-refractivity contribution in [3.8, 4) is 5.75 Å². The third kappa shape index (κ3) is 3.54. The van der Waals surface area contributed by atoms with Crippen LogP contribution in [0.25, 0.3) is 0 Å². The minimum atomic E-state index is 0.248. The average molecular weight is 310 g/mol. The molecule has 0 fully saturated rings. The van der Waals surface area contributed by atoms with Gasteiger partial charge in [-0.25, -0.2) is 0 Å². The van der Waals surface area contributed by atoms with Crippen LogP contribution in [0.4, 0.5) is 0 Å². The number of benzene rings is 1. The molecule has 1 heterocycles. The number of halogens is 1. The van der Waals surface area contributed by atoms with Crippen LogP contribution in [0.5, 0.6) is 5.75 Å². The Kier molecular flexibility index (Phi) is 5.46. The Morgan fingerprint density at radius 3 is 2.80 bits per heavy atom. The highest BCUT2D eigenvalue weighted by molar-refractivity contribution is 7.10. The van der Waals surface area contributed by atoms with Crippen LogP contribution in [0.1, 0.15) is 29.0 Å². The zero-order chi connectivity index (χ0) is 14.5. The Morgan fingerprint density at radius 1 is 1.40 bits per heavy atom. The fourth-order valence-electron chi connectivity index (χ4n) is 2.22. The fraction of sp³-hybridized carbons (Fsp3) is 0.375. The zero-order valence-corrected chi connectivity index (χ0v) is 13.6. The molecular weight excluding hydrogens is 290 g/mol. The molecule has 2 aromatic rings. The van der Waals surface area contributed by atoms with Crippen LogP contribution >= 0.6 is 22.9 Å². The molecule has 0 aliphatic heterocycles. The maximum atomic E-state index is 6.41. The SMILES string of the molecule is CCNC(Cc1cccc(OC)c1)c1scc(C)c1Cl. The van der Waals surface area contributed by atoms with Gasteiger partial charge in [0.2, 0.25) is 0 Å². The number of likely N-dealkylation sites (N-methyl/N-ethyl adjacent to an activating group) is 1. The van der Waals surface area contributed by atoms with E-state index in [4.69, 9.17) is 16.3 Å². The van der Waals surface area contributed by atoms with Gasteiger partial charge in [-0.3, -0.25) is 0 Å². The van der Waals surface area contributed by atoms with Gasteiger partial charge in [-0.1, -0.05) is 30.7 Å². The highest BCUT2D eigenvalue weighted by Crippen LogP contribution is 2.34. The summed E-state index contributed by atoms with van der Waals surface area (Å²) in [7, 11) is 1.69. The molecule has 0 spiro atoms. The molecule has 0 amide bonds. The summed E-state index contributed by atoms with van der Waals surface area (Å²) in [6.45, 7) is 5.09. The smallest absolute Gasteiger partial charge is 0.119 e. The second kappa shape index (κ2) is 7.11. The van der Waals surface area contributed by atoms with Crippen LogP contribution in [-0.2, 0) is 6.42 Å². The first-order valence-electron chi connectivity index (χ1n) is 6.75. The average Bonchev–Trinajstić information content (AvgIpc) is 2.79. The molecule has 0 aliphatic carbocycles. The minimum Gasteiger partial charge on any atom is -0.497 e. The summed E-state index contributed by atoms with van der Waals surface area (Å²) in [6.07, 6.45) is 0.907. The molecule has 0 aliphatic rings. The van der Waals surface area contributed by atoms with Crippen LogP contribution < -0.4 is 10.1 Å². The molecule has 1 N–H and O–H groups in total. The third-order valence-electron chi connectivity index (χ3n) is 3.27. The van der Waals surface area contributed by atoms with E-state index in [-0.39, 0.29) is 6.04 Å². The Hall–Kier alpha value is -1.03. The van der Waals surface area contributed by atoms with E-state index in [2.05, 4.69) is 36.7 Å². The minimum absolute atomic E-state index is 0.248. The van der Waals surface area contributed by atoms with Gasteiger partial charge in [0.25, 0.3) is 0 Å². The normalized spacial score (nSPS) is 12.4. The number of aryl methyl sites for hydroxylation is 1. The van der Waals surface area contributed by atoms with E-state index in [0.717, 1.165) is 29.3 Å². The van der Waals surface area contributed by atoms with Crippen molar-refractivity contribution in [3.63, 3.8) is 0 Å². The summed E-state index contributed by atoms with van der Waals surface area (Å²) < 4.78 is 5.29. The Bertz CT molecular complexity index is 567. The summed E-state index contributed by atoms with van der Waals surface area (Å²) in [5.41, 5.74) is 2.40. The van der Waals surface area contributed by atoms with Crippen LogP contribution in [0, 0.1) is 6.92 Å². The van der Waals surface area contributed by atoms with Crippen molar-refractivity contribution >= 4 is 22.9 Å². The number of nitrogens with one attached hydrogen (secondary N) is 1. The van der Waals surface area contributed by atoms with Gasteiger partial charge < -0.3 is 10.1 Å². The lowest BCUT2D eigenvalue weighted by molar-refractivity contribution is 0.414. The van der Waals surface area contributed by atoms with Crippen LogP contribution in [-0.4, -0.2) is 13.7 Å². The van der Waals surface area contributed by atoms with Crippen molar-refractivity contribution in [1.82, 2.24) is 5.32 Å². The van der Waals surface area contributed by atoms with Crippen LogP contribution in [0.3, 0.4) is 0 Å². The Labute approximate surface area is 129 Å². The fourth-order valence-corrected chi connectivity index (χ4v) is 3.63. The zero-order valence-electron chi connectivity index (χ0n) is 12.1. The molecule has 0 saturated heterocycles. The molecule has 2 nitrogen and oxygen atoms in total. The van der Waals surface area contributed by atoms with Gasteiger partial charge in [0.15, 0.2) is 0 Å². The van der Waals surface area contributed by atoms with Crippen molar-refractivity contribution in [2.24, 2.45) is 0 Å². The molecule has 1 aromatic carbocycles. The first kappa shape index (κ1) is 15.4. The molecule has 1 atom stereocenters. The molecule has 0 bridgehead atoms. The van der Waals surface area contributed by atoms with Gasteiger partial charge in [-0.2, -0.15) is 0 Å². The molecule has 2 rings (SSSR count). The molecule has 1 aromatic heterocycles. The number of ether oxygens (including phenoxy) is 1. The summed E-state index contributed by atoms with van der Waals surface area (Å²) >= 11 is 8.14. The van der Waals surface area contributed by atoms with Crippen LogP contribution in [0.2, 0.25) is 5.02 Å². The molecule has 0 saturated carbocycles. The Morgan fingerprint density at radius 2 is 2.20 bits per heavy atom. The number of hydrogen-bond acceptors (Lipinski definition) is 3. The molecule has 108 valence electrons. The summed E-state index contributed by atoms with van der Waals surface area (Å²) in [4.78, 5) is 1.22. The summed E-state index contributed by atoms with van der Waals surface area (Å²) in [5, 5.41) is 6.54. The molecule has 1 unspecified atom stereocenters. The van der Waals surface area contributed by atoms with Gasteiger partial charge in [0, 0.05) is 10.9 Å². The van der Waals surface area contributed by atoms with E-state index in [0.29, 0.717) is 0 Å². The maximum absolute atomic E-state index is 6.41. The maximum Gasteiger partial charge on any atom is 0.119 e. The number of methoxy groups -OCH3 is 1. The highest BCUT2D eigenvalue weighted by atomic mass is 35.5. The van der Waals surface area contributed by atoms with Gasteiger partial charge in [0.1, 0.15) is 5.75 Å². The Balaban J connectivity index is 2.23. The van der Waals surface area contributed by atoms with Crippen molar-refractivity contribution in [1.29, 1.82) is 0 Å². The lowest BCUT2D eigenvalue weighted by atomic mass is 10.0. The second-order valence-electron chi connectivity index (χ2n) is 4.76. The van der Waals surface area contributed by atoms with E-state index >= 15 is 0 Å². The summed E-state index contributed by atoms with van der Waals surface area (Å²) in [5.74, 6) is 0.895. The summed E-state index contributed by atoms with van der Waals surface area (Å²) in [6, 6.07) is 8.45. The lowest BCUT2D eigenvalue weighted by Crippen LogP contribution is -2.22. The molecular formula is C16H20ClNOS. The molecule has 20 heavy (non-hydrogen) atoms. The van der Waals surface area contributed by atoms with E-state index in [9.17, 15) is 0 Å². The van der Waals surface area contributed by atoms with Crippen LogP contribution in [0.15, 0.2) is 29.6 Å². The van der Waals surface area contributed by atoms with Gasteiger partial charge in [-0.05, 0) is 48.5 Å². The van der Waals surface area contributed by atoms with Gasteiger partial charge in [0.05, 0.1) is 12.1 Å². The predicted octanol–water partition coefficient (Wildman–Crippen LogP) is 4.61. The van der Waals surface area contributed by atoms with Crippen molar-refractivity contribution < 1.29 is 4.74 Å². The van der Waals surface area contributed by atoms with Crippen molar-refractivity contribution in [2.45, 2.75) is 26.3 Å². The first-order valence-corrected chi connectivity index (χ1v) is 8.01. The topological polar surface area (TPSA) is 21.3 Å². The van der Waals surface area contributed by atoms with Crippen molar-refractivity contribution in [2.75, 3.05) is 13.7 Å². The van der Waals surface area contributed by atoms with Crippen molar-refractivity contribution in [3.05, 3.63) is 50.7 Å². The van der Waals surface area contributed by atoms with E-state index in [1.165, 1.54) is 10.4 Å². The standard InChI is InChI=1S/C16H20ClNOS/c1-4-18-14(16-15(17)11(2)10-20-16)9-12-6-5-7-13(8-12)19-3/h5-8,10,14,18H,4,9H2,1-3H3. The third-order valence-corrected chi connectivity index (χ3v) is 5.09. The lowest BCUT2D eigenvalue weighted by Gasteiger charge is -2.18. The quantitative estimate of drug-likeness (QED) is 0.841. The number of hydrogen-bond donors (Lipinski definition) is 1. The van der Waals surface area contributed by atoms with E-state index in [1.54, 1.807) is 18.4 Å². The largest absolute Gasteiger partial charge is 0.497 e. The van der Waals surface area contributed by atoms with E-state index < -0.39 is 0 Å². The molecule has 4 heteroatoms. The second-order valence-corrected chi connectivity index (χ2v) is 6.05. The number of rotatable bonds is 6. The monoisotopic (exact) mass is 309 g/mol. The number of thiophene rings is 1. The highest BCUT2D eigenvalue weighted by Gasteiger charge is 2.18.